The van der Waals surface area contributed by atoms with Gasteiger partial charge in [0.15, 0.2) is 0 Å². The molecule has 1 atom stereocenters. The molecule has 0 saturated carbocycles. The second-order valence-corrected chi connectivity index (χ2v) is 7.04. The molecular formula is C20H24FN3O3. The maximum Gasteiger partial charge on any atom is 0.408 e. The number of hydrogen-bond acceptors (Lipinski definition) is 4. The summed E-state index contributed by atoms with van der Waals surface area (Å²) in [5, 5.41) is 8.22. The fraction of sp³-hybridized carbons (Fsp3) is 0.300. The summed E-state index contributed by atoms with van der Waals surface area (Å²) in [5.41, 5.74) is 0.880. The van der Waals surface area contributed by atoms with Gasteiger partial charge in [0.25, 0.3) is 0 Å². The first-order valence-corrected chi connectivity index (χ1v) is 8.56. The van der Waals surface area contributed by atoms with Crippen molar-refractivity contribution in [3.8, 4) is 0 Å². The number of amides is 2. The van der Waals surface area contributed by atoms with E-state index in [2.05, 4.69) is 16.0 Å². The third-order valence-electron chi connectivity index (χ3n) is 3.42. The van der Waals surface area contributed by atoms with Crippen molar-refractivity contribution < 1.29 is 18.7 Å². The number of benzene rings is 2. The van der Waals surface area contributed by atoms with Crippen LogP contribution in [0.3, 0.4) is 0 Å². The molecule has 2 amide bonds. The molecule has 0 radical (unpaired) electrons. The van der Waals surface area contributed by atoms with Gasteiger partial charge in [-0.15, -0.1) is 0 Å². The molecule has 2 aromatic carbocycles. The van der Waals surface area contributed by atoms with E-state index in [1.54, 1.807) is 20.8 Å². The smallest absolute Gasteiger partial charge is 0.408 e. The van der Waals surface area contributed by atoms with E-state index in [0.717, 1.165) is 5.69 Å². The van der Waals surface area contributed by atoms with E-state index in [1.165, 1.54) is 25.1 Å². The van der Waals surface area contributed by atoms with Crippen LogP contribution in [0.4, 0.5) is 26.2 Å². The molecule has 7 heteroatoms. The number of halogens is 1. The second kappa shape index (κ2) is 8.53. The Morgan fingerprint density at radius 1 is 1.04 bits per heavy atom. The van der Waals surface area contributed by atoms with E-state index in [0.29, 0.717) is 11.4 Å². The molecule has 0 aromatic heterocycles. The molecule has 1 unspecified atom stereocenters. The van der Waals surface area contributed by atoms with Crippen molar-refractivity contribution in [2.24, 2.45) is 0 Å². The highest BCUT2D eigenvalue weighted by Crippen LogP contribution is 2.26. The molecule has 0 bridgehead atoms. The highest BCUT2D eigenvalue weighted by Gasteiger charge is 2.21. The molecule has 2 rings (SSSR count). The summed E-state index contributed by atoms with van der Waals surface area (Å²) >= 11 is 0. The molecule has 0 fully saturated rings. The van der Waals surface area contributed by atoms with E-state index >= 15 is 0 Å². The molecule has 2 aromatic rings. The number of alkyl carbamates (subject to hydrolysis) is 1. The number of hydrogen-bond donors (Lipinski definition) is 3. The van der Waals surface area contributed by atoms with Crippen LogP contribution < -0.4 is 16.0 Å². The number of anilines is 3. The Morgan fingerprint density at radius 3 is 2.33 bits per heavy atom. The Balaban J connectivity index is 2.07. The molecule has 3 N–H and O–H groups in total. The normalized spacial score (nSPS) is 12.0. The number of para-hydroxylation sites is 1. The maximum atomic E-state index is 13.6. The van der Waals surface area contributed by atoms with Crippen LogP contribution in [0.15, 0.2) is 48.5 Å². The Morgan fingerprint density at radius 2 is 1.70 bits per heavy atom. The molecule has 0 aliphatic carbocycles. The fourth-order valence-electron chi connectivity index (χ4n) is 2.20. The first-order chi connectivity index (χ1) is 12.6. The van der Waals surface area contributed by atoms with Gasteiger partial charge in [0.1, 0.15) is 17.5 Å². The standard InChI is InChI=1S/C20H24FN3O3/c1-13(22-19(26)27-20(2,3)4)18(25)24-16-11-10-14(21)12-17(16)23-15-8-6-5-7-9-15/h5-13,23H,1-4H3,(H,22,26)(H,24,25). The lowest BCUT2D eigenvalue weighted by Crippen LogP contribution is -2.44. The summed E-state index contributed by atoms with van der Waals surface area (Å²) in [6.45, 7) is 6.74. The number of ether oxygens (including phenoxy) is 1. The minimum absolute atomic E-state index is 0.392. The van der Waals surface area contributed by atoms with Crippen molar-refractivity contribution in [2.75, 3.05) is 10.6 Å². The topological polar surface area (TPSA) is 79.5 Å². The van der Waals surface area contributed by atoms with Crippen LogP contribution in [0.25, 0.3) is 0 Å². The molecule has 6 nitrogen and oxygen atoms in total. The van der Waals surface area contributed by atoms with Crippen molar-refractivity contribution in [1.29, 1.82) is 0 Å². The maximum absolute atomic E-state index is 13.6. The Kier molecular flexibility index (Phi) is 6.39. The molecule has 0 aliphatic rings. The first-order valence-electron chi connectivity index (χ1n) is 8.56. The largest absolute Gasteiger partial charge is 0.444 e. The SMILES string of the molecule is CC(NC(=O)OC(C)(C)C)C(=O)Nc1ccc(F)cc1Nc1ccccc1. The third kappa shape index (κ3) is 6.62. The number of rotatable bonds is 5. The molecule has 0 aliphatic heterocycles. The summed E-state index contributed by atoms with van der Waals surface area (Å²) < 4.78 is 18.8. The average molecular weight is 373 g/mol. The zero-order valence-corrected chi connectivity index (χ0v) is 15.8. The van der Waals surface area contributed by atoms with E-state index in [1.807, 2.05) is 30.3 Å². The molecule has 0 heterocycles. The van der Waals surface area contributed by atoms with Crippen LogP contribution >= 0.6 is 0 Å². The molecular weight excluding hydrogens is 349 g/mol. The average Bonchev–Trinajstić information content (AvgIpc) is 2.56. The molecule has 144 valence electrons. The van der Waals surface area contributed by atoms with Crippen LogP contribution in [-0.2, 0) is 9.53 Å². The van der Waals surface area contributed by atoms with Crippen LogP contribution in [0.5, 0.6) is 0 Å². The van der Waals surface area contributed by atoms with Gasteiger partial charge in [-0.25, -0.2) is 9.18 Å². The Labute approximate surface area is 158 Å². The minimum atomic E-state index is -0.838. The quantitative estimate of drug-likeness (QED) is 0.725. The van der Waals surface area contributed by atoms with Gasteiger partial charge in [-0.2, -0.15) is 0 Å². The van der Waals surface area contributed by atoms with Crippen LogP contribution in [0, 0.1) is 5.82 Å². The second-order valence-electron chi connectivity index (χ2n) is 7.04. The number of carbonyl (C=O) groups excluding carboxylic acids is 2. The summed E-state index contributed by atoms with van der Waals surface area (Å²) in [7, 11) is 0. The summed E-state index contributed by atoms with van der Waals surface area (Å²) in [5.74, 6) is -0.894. The van der Waals surface area contributed by atoms with Gasteiger partial charge in [0, 0.05) is 5.69 Å². The minimum Gasteiger partial charge on any atom is -0.444 e. The van der Waals surface area contributed by atoms with E-state index in [4.69, 9.17) is 4.74 Å². The van der Waals surface area contributed by atoms with Crippen molar-refractivity contribution in [1.82, 2.24) is 5.32 Å². The van der Waals surface area contributed by atoms with Gasteiger partial charge in [-0.3, -0.25) is 4.79 Å². The molecule has 0 saturated heterocycles. The lowest BCUT2D eigenvalue weighted by molar-refractivity contribution is -0.117. The highest BCUT2D eigenvalue weighted by molar-refractivity contribution is 5.99. The van der Waals surface area contributed by atoms with Crippen molar-refractivity contribution in [3.63, 3.8) is 0 Å². The zero-order valence-electron chi connectivity index (χ0n) is 15.8. The Bertz CT molecular complexity index is 804. The van der Waals surface area contributed by atoms with Crippen LogP contribution in [0.1, 0.15) is 27.7 Å². The first kappa shape index (κ1) is 20.2. The Hall–Kier alpha value is -3.09. The highest BCUT2D eigenvalue weighted by atomic mass is 19.1. The zero-order chi connectivity index (χ0) is 20.0. The lowest BCUT2D eigenvalue weighted by Gasteiger charge is -2.22. The van der Waals surface area contributed by atoms with Crippen LogP contribution in [0.2, 0.25) is 0 Å². The van der Waals surface area contributed by atoms with Crippen molar-refractivity contribution in [2.45, 2.75) is 39.3 Å². The summed E-state index contributed by atoms with van der Waals surface area (Å²) in [6.07, 6.45) is -0.688. The predicted molar refractivity (Wildman–Crippen MR) is 104 cm³/mol. The van der Waals surface area contributed by atoms with Crippen molar-refractivity contribution >= 4 is 29.1 Å². The van der Waals surface area contributed by atoms with Gasteiger partial charge in [-0.05, 0) is 58.0 Å². The lowest BCUT2D eigenvalue weighted by atomic mass is 10.2. The molecule has 27 heavy (non-hydrogen) atoms. The predicted octanol–water partition coefficient (Wildman–Crippen LogP) is 4.42. The van der Waals surface area contributed by atoms with Gasteiger partial charge in [-0.1, -0.05) is 18.2 Å². The van der Waals surface area contributed by atoms with Crippen molar-refractivity contribution in [3.05, 3.63) is 54.3 Å². The van der Waals surface area contributed by atoms with E-state index in [9.17, 15) is 14.0 Å². The van der Waals surface area contributed by atoms with Gasteiger partial charge in [0.05, 0.1) is 11.4 Å². The monoisotopic (exact) mass is 373 g/mol. The number of nitrogens with one attached hydrogen (secondary N) is 3. The summed E-state index contributed by atoms with van der Waals surface area (Å²) in [6, 6.07) is 12.3. The third-order valence-corrected chi connectivity index (χ3v) is 3.42. The van der Waals surface area contributed by atoms with Gasteiger partial charge >= 0.3 is 6.09 Å². The summed E-state index contributed by atoms with van der Waals surface area (Å²) in [4.78, 5) is 24.2. The fourth-order valence-corrected chi connectivity index (χ4v) is 2.20. The molecule has 0 spiro atoms. The van der Waals surface area contributed by atoms with E-state index < -0.39 is 29.5 Å². The van der Waals surface area contributed by atoms with Gasteiger partial charge < -0.3 is 20.7 Å². The van der Waals surface area contributed by atoms with E-state index in [-0.39, 0.29) is 0 Å². The number of carbonyl (C=O) groups is 2. The van der Waals surface area contributed by atoms with Gasteiger partial charge in [0.2, 0.25) is 5.91 Å². The van der Waals surface area contributed by atoms with Crippen LogP contribution in [-0.4, -0.2) is 23.6 Å².